The molecular formula is C15H24O. The normalized spacial score (nSPS) is 39.6. The molecule has 0 spiro atoms. The van der Waals surface area contributed by atoms with Crippen LogP contribution in [-0.2, 0) is 0 Å². The number of hydrogen-bond donors (Lipinski definition) is 1. The zero-order valence-electron chi connectivity index (χ0n) is 10.8. The molecule has 0 aromatic carbocycles. The lowest BCUT2D eigenvalue weighted by molar-refractivity contribution is 0.0330. The minimum atomic E-state index is -0.516. The predicted molar refractivity (Wildman–Crippen MR) is 68.1 cm³/mol. The van der Waals surface area contributed by atoms with Crippen LogP contribution in [0.15, 0.2) is 23.8 Å². The van der Waals surface area contributed by atoms with E-state index in [0.29, 0.717) is 17.8 Å². The molecule has 0 aromatic rings. The second-order valence-corrected chi connectivity index (χ2v) is 6.08. The Labute approximate surface area is 99.3 Å². The molecule has 0 aliphatic heterocycles. The first-order valence-corrected chi connectivity index (χ1v) is 6.52. The van der Waals surface area contributed by atoms with Gasteiger partial charge in [-0.05, 0) is 44.4 Å². The van der Waals surface area contributed by atoms with Gasteiger partial charge in [-0.3, -0.25) is 0 Å². The Morgan fingerprint density at radius 3 is 2.75 bits per heavy atom. The summed E-state index contributed by atoms with van der Waals surface area (Å²) in [5, 5.41) is 10.4. The minimum absolute atomic E-state index is 0.305. The summed E-state index contributed by atoms with van der Waals surface area (Å²) in [6.45, 7) is 10.7. The highest BCUT2D eigenvalue weighted by atomic mass is 16.3. The van der Waals surface area contributed by atoms with E-state index in [0.717, 1.165) is 25.7 Å². The van der Waals surface area contributed by atoms with E-state index in [-0.39, 0.29) is 0 Å². The molecule has 16 heavy (non-hydrogen) atoms. The first kappa shape index (κ1) is 11.9. The second kappa shape index (κ2) is 4.03. The average molecular weight is 220 g/mol. The van der Waals surface area contributed by atoms with Crippen molar-refractivity contribution >= 4 is 0 Å². The van der Waals surface area contributed by atoms with Crippen molar-refractivity contribution in [2.45, 2.75) is 52.1 Å². The lowest BCUT2D eigenvalue weighted by Crippen LogP contribution is -2.30. The van der Waals surface area contributed by atoms with Crippen LogP contribution >= 0.6 is 0 Å². The van der Waals surface area contributed by atoms with Crippen LogP contribution in [0, 0.1) is 17.8 Å². The van der Waals surface area contributed by atoms with Crippen LogP contribution in [0.5, 0.6) is 0 Å². The van der Waals surface area contributed by atoms with Crippen molar-refractivity contribution in [1.82, 2.24) is 0 Å². The first-order valence-electron chi connectivity index (χ1n) is 6.52. The molecule has 1 heteroatoms. The Hall–Kier alpha value is -0.560. The lowest BCUT2D eigenvalue weighted by Gasteiger charge is -2.27. The van der Waals surface area contributed by atoms with Gasteiger partial charge in [-0.1, -0.05) is 37.6 Å². The van der Waals surface area contributed by atoms with Crippen LogP contribution in [0.1, 0.15) is 46.5 Å². The molecule has 1 saturated carbocycles. The maximum Gasteiger partial charge on any atom is 0.0688 e. The molecule has 0 radical (unpaired) electrons. The van der Waals surface area contributed by atoms with Crippen molar-refractivity contribution in [2.75, 3.05) is 0 Å². The van der Waals surface area contributed by atoms with Crippen LogP contribution in [0.25, 0.3) is 0 Å². The zero-order chi connectivity index (χ0) is 11.9. The zero-order valence-corrected chi connectivity index (χ0v) is 10.8. The van der Waals surface area contributed by atoms with E-state index in [1.165, 1.54) is 11.1 Å². The summed E-state index contributed by atoms with van der Waals surface area (Å²) in [6.07, 6.45) is 6.64. The lowest BCUT2D eigenvalue weighted by atomic mass is 9.83. The van der Waals surface area contributed by atoms with E-state index in [1.807, 2.05) is 6.92 Å². The Balaban J connectivity index is 2.33. The standard InChI is InChI=1S/C15H24O/c1-10(2)12-6-5-11(3)13-7-8-15(4,16)14(13)9-12/h9-10,13-14,16H,3,5-8H2,1-2,4H3/t13?,14?,15-/m1/s1. The highest BCUT2D eigenvalue weighted by Crippen LogP contribution is 2.48. The molecule has 2 aliphatic carbocycles. The van der Waals surface area contributed by atoms with Crippen LogP contribution < -0.4 is 0 Å². The molecule has 2 rings (SSSR count). The largest absolute Gasteiger partial charge is 0.390 e. The third-order valence-electron chi connectivity index (χ3n) is 4.51. The maximum atomic E-state index is 10.4. The molecule has 1 fully saturated rings. The summed E-state index contributed by atoms with van der Waals surface area (Å²) in [7, 11) is 0. The fraction of sp³-hybridized carbons (Fsp3) is 0.733. The van der Waals surface area contributed by atoms with E-state index in [4.69, 9.17) is 0 Å². The summed E-state index contributed by atoms with van der Waals surface area (Å²) in [5.74, 6) is 1.43. The highest BCUT2D eigenvalue weighted by Gasteiger charge is 2.44. The van der Waals surface area contributed by atoms with Crippen molar-refractivity contribution in [3.05, 3.63) is 23.8 Å². The number of allylic oxidation sites excluding steroid dienone is 2. The van der Waals surface area contributed by atoms with E-state index < -0.39 is 5.60 Å². The van der Waals surface area contributed by atoms with E-state index in [9.17, 15) is 5.11 Å². The fourth-order valence-corrected chi connectivity index (χ4v) is 3.27. The van der Waals surface area contributed by atoms with E-state index in [1.54, 1.807) is 0 Å². The molecule has 3 atom stereocenters. The molecular weight excluding hydrogens is 196 g/mol. The van der Waals surface area contributed by atoms with Crippen molar-refractivity contribution in [3.63, 3.8) is 0 Å². The van der Waals surface area contributed by atoms with Gasteiger partial charge in [0.15, 0.2) is 0 Å². The van der Waals surface area contributed by atoms with Crippen molar-refractivity contribution in [1.29, 1.82) is 0 Å². The third kappa shape index (κ3) is 1.98. The molecule has 90 valence electrons. The number of aliphatic hydroxyl groups is 1. The average Bonchev–Trinajstić information content (AvgIpc) is 2.38. The molecule has 0 heterocycles. The van der Waals surface area contributed by atoms with Crippen molar-refractivity contribution in [2.24, 2.45) is 17.8 Å². The summed E-state index contributed by atoms with van der Waals surface area (Å²) >= 11 is 0. The Bertz CT molecular complexity index is 322. The molecule has 0 amide bonds. The van der Waals surface area contributed by atoms with Crippen LogP contribution in [0.4, 0.5) is 0 Å². The second-order valence-electron chi connectivity index (χ2n) is 6.08. The highest BCUT2D eigenvalue weighted by molar-refractivity contribution is 5.24. The van der Waals surface area contributed by atoms with Crippen molar-refractivity contribution in [3.8, 4) is 0 Å². The Kier molecular flexibility index (Phi) is 3.00. The van der Waals surface area contributed by atoms with Crippen LogP contribution in [-0.4, -0.2) is 10.7 Å². The number of rotatable bonds is 1. The van der Waals surface area contributed by atoms with Gasteiger partial charge in [0.2, 0.25) is 0 Å². The van der Waals surface area contributed by atoms with Crippen molar-refractivity contribution < 1.29 is 5.11 Å². The van der Waals surface area contributed by atoms with Gasteiger partial charge < -0.3 is 5.11 Å². The quantitative estimate of drug-likeness (QED) is 0.668. The third-order valence-corrected chi connectivity index (χ3v) is 4.51. The van der Waals surface area contributed by atoms with Crippen LogP contribution in [0.3, 0.4) is 0 Å². The molecule has 1 nitrogen and oxygen atoms in total. The van der Waals surface area contributed by atoms with Gasteiger partial charge in [0.1, 0.15) is 0 Å². The topological polar surface area (TPSA) is 20.2 Å². The van der Waals surface area contributed by atoms with Gasteiger partial charge in [-0.25, -0.2) is 0 Å². The Morgan fingerprint density at radius 2 is 2.12 bits per heavy atom. The molecule has 0 saturated heterocycles. The van der Waals surface area contributed by atoms with Gasteiger partial charge in [-0.15, -0.1) is 0 Å². The molecule has 2 aliphatic rings. The van der Waals surface area contributed by atoms with Gasteiger partial charge in [0, 0.05) is 5.92 Å². The van der Waals surface area contributed by atoms with Gasteiger partial charge in [-0.2, -0.15) is 0 Å². The number of fused-ring (bicyclic) bond motifs is 1. The molecule has 0 bridgehead atoms. The number of hydrogen-bond acceptors (Lipinski definition) is 1. The van der Waals surface area contributed by atoms with Gasteiger partial charge >= 0.3 is 0 Å². The summed E-state index contributed by atoms with van der Waals surface area (Å²) in [5.41, 5.74) is 2.35. The monoisotopic (exact) mass is 220 g/mol. The smallest absolute Gasteiger partial charge is 0.0688 e. The first-order chi connectivity index (χ1) is 7.42. The summed E-state index contributed by atoms with van der Waals surface area (Å²) < 4.78 is 0. The van der Waals surface area contributed by atoms with Gasteiger partial charge in [0.25, 0.3) is 0 Å². The van der Waals surface area contributed by atoms with E-state index in [2.05, 4.69) is 26.5 Å². The predicted octanol–water partition coefficient (Wildman–Crippen LogP) is 3.70. The maximum absolute atomic E-state index is 10.4. The van der Waals surface area contributed by atoms with Gasteiger partial charge in [0.05, 0.1) is 5.60 Å². The Morgan fingerprint density at radius 1 is 1.44 bits per heavy atom. The molecule has 0 aromatic heterocycles. The van der Waals surface area contributed by atoms with E-state index >= 15 is 0 Å². The fourth-order valence-electron chi connectivity index (χ4n) is 3.27. The minimum Gasteiger partial charge on any atom is -0.390 e. The molecule has 1 N–H and O–H groups in total. The summed E-state index contributed by atoms with van der Waals surface area (Å²) in [4.78, 5) is 0. The SMILES string of the molecule is C=C1CCC(C(C)C)=CC2C1CC[C@@]2(C)O. The molecule has 2 unspecified atom stereocenters. The summed E-state index contributed by atoms with van der Waals surface area (Å²) in [6, 6.07) is 0. The van der Waals surface area contributed by atoms with Crippen LogP contribution in [0.2, 0.25) is 0 Å².